The van der Waals surface area contributed by atoms with E-state index in [4.69, 9.17) is 5.14 Å². The standard InChI is InChI=1S/C18H17F3N4O2S/c1-11-2-7-15-14(10-11)16(25-17(24-15)18(19,20)21)23-9-8-12-3-5-13(6-4-12)28(22,26)27/h2-7,10H,8-9H2,1H3,(H2,22,26,27)(H,23,24,25). The van der Waals surface area contributed by atoms with Crippen LogP contribution in [0.25, 0.3) is 10.9 Å². The highest BCUT2D eigenvalue weighted by atomic mass is 32.2. The minimum Gasteiger partial charge on any atom is -0.369 e. The van der Waals surface area contributed by atoms with Crippen LogP contribution in [-0.4, -0.2) is 24.9 Å². The van der Waals surface area contributed by atoms with Crippen LogP contribution in [0.15, 0.2) is 47.4 Å². The van der Waals surface area contributed by atoms with Gasteiger partial charge in [0.2, 0.25) is 15.8 Å². The van der Waals surface area contributed by atoms with Crippen LogP contribution in [0.4, 0.5) is 19.0 Å². The van der Waals surface area contributed by atoms with E-state index in [0.717, 1.165) is 11.1 Å². The lowest BCUT2D eigenvalue weighted by atomic mass is 10.1. The minimum absolute atomic E-state index is 0.00343. The number of nitrogens with zero attached hydrogens (tertiary/aromatic N) is 2. The molecule has 2 aromatic carbocycles. The Bertz CT molecular complexity index is 1110. The van der Waals surface area contributed by atoms with E-state index in [1.807, 2.05) is 6.92 Å². The van der Waals surface area contributed by atoms with E-state index in [1.54, 1.807) is 24.3 Å². The first-order chi connectivity index (χ1) is 13.0. The number of primary sulfonamides is 1. The third kappa shape index (κ3) is 4.57. The number of benzene rings is 2. The van der Waals surface area contributed by atoms with E-state index in [0.29, 0.717) is 18.4 Å². The van der Waals surface area contributed by atoms with Crippen molar-refractivity contribution >= 4 is 26.7 Å². The Morgan fingerprint density at radius 1 is 1.07 bits per heavy atom. The molecular formula is C18H17F3N4O2S. The van der Waals surface area contributed by atoms with Crippen molar-refractivity contribution < 1.29 is 21.6 Å². The first-order valence-electron chi connectivity index (χ1n) is 8.25. The van der Waals surface area contributed by atoms with Gasteiger partial charge in [0, 0.05) is 11.9 Å². The summed E-state index contributed by atoms with van der Waals surface area (Å²) in [5.74, 6) is -1.11. The zero-order chi connectivity index (χ0) is 20.5. The number of anilines is 1. The molecule has 0 unspecified atom stereocenters. The van der Waals surface area contributed by atoms with Crippen molar-refractivity contribution in [3.8, 4) is 0 Å². The molecule has 0 fully saturated rings. The summed E-state index contributed by atoms with van der Waals surface area (Å²) in [6, 6.07) is 10.9. The Kier molecular flexibility index (Phi) is 5.26. The molecule has 0 bridgehead atoms. The van der Waals surface area contributed by atoms with Crippen LogP contribution >= 0.6 is 0 Å². The molecular weight excluding hydrogens is 393 g/mol. The summed E-state index contributed by atoms with van der Waals surface area (Å²) in [5.41, 5.74) is 1.87. The van der Waals surface area contributed by atoms with Crippen molar-refractivity contribution in [1.29, 1.82) is 0 Å². The summed E-state index contributed by atoms with van der Waals surface area (Å²) in [4.78, 5) is 7.25. The van der Waals surface area contributed by atoms with Crippen LogP contribution in [0.5, 0.6) is 0 Å². The topological polar surface area (TPSA) is 98.0 Å². The van der Waals surface area contributed by atoms with Crippen molar-refractivity contribution in [1.82, 2.24) is 9.97 Å². The number of aryl methyl sites for hydroxylation is 1. The van der Waals surface area contributed by atoms with Crippen molar-refractivity contribution in [2.45, 2.75) is 24.4 Å². The molecule has 0 saturated carbocycles. The highest BCUT2D eigenvalue weighted by molar-refractivity contribution is 7.89. The summed E-state index contributed by atoms with van der Waals surface area (Å²) < 4.78 is 61.8. The van der Waals surface area contributed by atoms with Crippen molar-refractivity contribution in [3.63, 3.8) is 0 Å². The molecule has 28 heavy (non-hydrogen) atoms. The highest BCUT2D eigenvalue weighted by Crippen LogP contribution is 2.30. The van der Waals surface area contributed by atoms with Crippen molar-refractivity contribution in [2.24, 2.45) is 5.14 Å². The lowest BCUT2D eigenvalue weighted by molar-refractivity contribution is -0.144. The van der Waals surface area contributed by atoms with Gasteiger partial charge in [0.1, 0.15) is 5.82 Å². The maximum Gasteiger partial charge on any atom is 0.451 e. The number of sulfonamides is 1. The van der Waals surface area contributed by atoms with E-state index in [1.165, 1.54) is 18.2 Å². The second kappa shape index (κ2) is 7.36. The number of alkyl halides is 3. The molecule has 3 aromatic rings. The monoisotopic (exact) mass is 410 g/mol. The molecule has 0 radical (unpaired) electrons. The predicted octanol–water partition coefficient (Wildman–Crippen LogP) is 3.26. The van der Waals surface area contributed by atoms with Crippen molar-refractivity contribution in [2.75, 3.05) is 11.9 Å². The predicted molar refractivity (Wildman–Crippen MR) is 99.3 cm³/mol. The van der Waals surface area contributed by atoms with Gasteiger partial charge in [-0.05, 0) is 43.2 Å². The molecule has 10 heteroatoms. The molecule has 0 aliphatic carbocycles. The largest absolute Gasteiger partial charge is 0.451 e. The van der Waals surface area contributed by atoms with Gasteiger partial charge >= 0.3 is 6.18 Å². The van der Waals surface area contributed by atoms with Crippen molar-refractivity contribution in [3.05, 3.63) is 59.4 Å². The zero-order valence-corrected chi connectivity index (χ0v) is 15.6. The number of hydrogen-bond acceptors (Lipinski definition) is 5. The Morgan fingerprint density at radius 2 is 1.75 bits per heavy atom. The lowest BCUT2D eigenvalue weighted by Gasteiger charge is -2.13. The quantitative estimate of drug-likeness (QED) is 0.673. The Labute approximate surface area is 159 Å². The number of aromatic nitrogens is 2. The maximum atomic E-state index is 13.1. The zero-order valence-electron chi connectivity index (χ0n) is 14.8. The van der Waals surface area contributed by atoms with Gasteiger partial charge in [-0.3, -0.25) is 0 Å². The number of nitrogens with one attached hydrogen (secondary N) is 1. The van der Waals surface area contributed by atoms with Crippen LogP contribution in [0.3, 0.4) is 0 Å². The van der Waals surface area contributed by atoms with E-state index in [-0.39, 0.29) is 16.2 Å². The molecule has 0 spiro atoms. The summed E-state index contributed by atoms with van der Waals surface area (Å²) in [6.45, 7) is 2.13. The minimum atomic E-state index is -4.65. The summed E-state index contributed by atoms with van der Waals surface area (Å²) in [7, 11) is -3.77. The van der Waals surface area contributed by atoms with Gasteiger partial charge in [-0.25, -0.2) is 23.5 Å². The van der Waals surface area contributed by atoms with Gasteiger partial charge in [0.25, 0.3) is 0 Å². The van der Waals surface area contributed by atoms with E-state index in [2.05, 4.69) is 15.3 Å². The smallest absolute Gasteiger partial charge is 0.369 e. The van der Waals surface area contributed by atoms with Gasteiger partial charge in [-0.2, -0.15) is 13.2 Å². The first-order valence-corrected chi connectivity index (χ1v) is 9.80. The summed E-state index contributed by atoms with van der Waals surface area (Å²) in [5, 5.41) is 8.48. The molecule has 0 saturated heterocycles. The Balaban J connectivity index is 1.82. The fraction of sp³-hybridized carbons (Fsp3) is 0.222. The second-order valence-electron chi connectivity index (χ2n) is 6.28. The molecule has 6 nitrogen and oxygen atoms in total. The number of rotatable bonds is 5. The Hall–Kier alpha value is -2.72. The van der Waals surface area contributed by atoms with Crippen LogP contribution in [0.2, 0.25) is 0 Å². The van der Waals surface area contributed by atoms with E-state index >= 15 is 0 Å². The average Bonchev–Trinajstić information content (AvgIpc) is 2.60. The van der Waals surface area contributed by atoms with Crippen LogP contribution in [-0.2, 0) is 22.6 Å². The molecule has 1 aromatic heterocycles. The normalized spacial score (nSPS) is 12.3. The fourth-order valence-electron chi connectivity index (χ4n) is 2.67. The van der Waals surface area contributed by atoms with E-state index < -0.39 is 22.0 Å². The maximum absolute atomic E-state index is 13.1. The third-order valence-corrected chi connectivity index (χ3v) is 4.99. The lowest BCUT2D eigenvalue weighted by Crippen LogP contribution is -2.15. The SMILES string of the molecule is Cc1ccc2nc(C(F)(F)F)nc(NCCc3ccc(S(N)(=O)=O)cc3)c2c1. The summed E-state index contributed by atoms with van der Waals surface area (Å²) in [6.07, 6.45) is -4.21. The number of halogens is 3. The van der Waals surface area contributed by atoms with Gasteiger partial charge in [-0.15, -0.1) is 0 Å². The molecule has 0 aliphatic heterocycles. The van der Waals surface area contributed by atoms with Gasteiger partial charge in [-0.1, -0.05) is 23.8 Å². The molecule has 1 heterocycles. The molecule has 0 amide bonds. The van der Waals surface area contributed by atoms with E-state index in [9.17, 15) is 21.6 Å². The number of fused-ring (bicyclic) bond motifs is 1. The molecule has 3 rings (SSSR count). The molecule has 148 valence electrons. The van der Waals surface area contributed by atoms with Gasteiger partial charge in [0.15, 0.2) is 0 Å². The Morgan fingerprint density at radius 3 is 2.36 bits per heavy atom. The molecule has 0 atom stereocenters. The van der Waals surface area contributed by atoms with Crippen LogP contribution in [0, 0.1) is 6.92 Å². The fourth-order valence-corrected chi connectivity index (χ4v) is 3.19. The second-order valence-corrected chi connectivity index (χ2v) is 7.84. The van der Waals surface area contributed by atoms with Crippen LogP contribution in [0.1, 0.15) is 17.0 Å². The summed E-state index contributed by atoms with van der Waals surface area (Å²) >= 11 is 0. The molecule has 0 aliphatic rings. The third-order valence-electron chi connectivity index (χ3n) is 4.06. The molecule has 3 N–H and O–H groups in total. The van der Waals surface area contributed by atoms with Crippen LogP contribution < -0.4 is 10.5 Å². The number of nitrogens with two attached hydrogens (primary N) is 1. The number of hydrogen-bond donors (Lipinski definition) is 2. The van der Waals surface area contributed by atoms with Gasteiger partial charge < -0.3 is 5.32 Å². The first kappa shape index (κ1) is 20.0. The van der Waals surface area contributed by atoms with Gasteiger partial charge in [0.05, 0.1) is 10.4 Å². The average molecular weight is 410 g/mol. The highest BCUT2D eigenvalue weighted by Gasteiger charge is 2.35.